The number of nitrogens with two attached hydrogens (primary N) is 1. The first-order valence-corrected chi connectivity index (χ1v) is 5.56. The van der Waals surface area contributed by atoms with Gasteiger partial charge in [0.2, 0.25) is 0 Å². The smallest absolute Gasteiger partial charge is 0.0474 e. The minimum absolute atomic E-state index is 0.232. The number of rotatable bonds is 3. The number of aromatic nitrogens is 1. The van der Waals surface area contributed by atoms with Crippen LogP contribution < -0.4 is 5.73 Å². The minimum Gasteiger partial charge on any atom is -0.381 e. The molecule has 82 valence electrons. The Morgan fingerprint density at radius 1 is 1.27 bits per heavy atom. The van der Waals surface area contributed by atoms with E-state index in [0.29, 0.717) is 0 Å². The van der Waals surface area contributed by atoms with Crippen LogP contribution in [0.15, 0.2) is 24.5 Å². The zero-order chi connectivity index (χ0) is 10.6. The number of ether oxygens (including phenoxy) is 1. The molecule has 1 saturated heterocycles. The van der Waals surface area contributed by atoms with Crippen LogP contribution in [-0.2, 0) is 10.2 Å². The van der Waals surface area contributed by atoms with Gasteiger partial charge in [-0.25, -0.2) is 0 Å². The third-order valence-electron chi connectivity index (χ3n) is 3.37. The molecule has 1 aromatic rings. The number of nitrogens with zero attached hydrogens (tertiary/aromatic N) is 1. The first kappa shape index (κ1) is 10.6. The number of hydrogen-bond donors (Lipinski definition) is 1. The van der Waals surface area contributed by atoms with Gasteiger partial charge < -0.3 is 10.5 Å². The second-order valence-corrected chi connectivity index (χ2v) is 4.17. The largest absolute Gasteiger partial charge is 0.381 e. The van der Waals surface area contributed by atoms with Crippen LogP contribution in [0.3, 0.4) is 0 Å². The monoisotopic (exact) mass is 206 g/mol. The van der Waals surface area contributed by atoms with Crippen LogP contribution in [0.2, 0.25) is 0 Å². The van der Waals surface area contributed by atoms with E-state index in [1.165, 1.54) is 5.56 Å². The summed E-state index contributed by atoms with van der Waals surface area (Å²) in [7, 11) is 0. The summed E-state index contributed by atoms with van der Waals surface area (Å²) in [5.41, 5.74) is 7.32. The van der Waals surface area contributed by atoms with Crippen LogP contribution in [0.25, 0.3) is 0 Å². The maximum absolute atomic E-state index is 5.73. The van der Waals surface area contributed by atoms with E-state index in [2.05, 4.69) is 17.1 Å². The molecule has 1 fully saturated rings. The van der Waals surface area contributed by atoms with Crippen molar-refractivity contribution in [3.05, 3.63) is 30.1 Å². The molecule has 0 radical (unpaired) electrons. The van der Waals surface area contributed by atoms with Crippen LogP contribution in [0.5, 0.6) is 0 Å². The Morgan fingerprint density at radius 3 is 2.53 bits per heavy atom. The molecule has 1 aliphatic rings. The molecule has 1 aliphatic heterocycles. The van der Waals surface area contributed by atoms with Crippen LogP contribution in [0.4, 0.5) is 0 Å². The molecular weight excluding hydrogens is 188 g/mol. The van der Waals surface area contributed by atoms with Crippen molar-refractivity contribution in [3.63, 3.8) is 0 Å². The predicted molar refractivity (Wildman–Crippen MR) is 59.6 cm³/mol. The average molecular weight is 206 g/mol. The van der Waals surface area contributed by atoms with Gasteiger partial charge in [0.25, 0.3) is 0 Å². The van der Waals surface area contributed by atoms with E-state index >= 15 is 0 Å². The minimum atomic E-state index is 0.232. The summed E-state index contributed by atoms with van der Waals surface area (Å²) in [4.78, 5) is 4.07. The molecule has 0 aliphatic carbocycles. The Bertz CT molecular complexity index is 288. The molecule has 0 bridgehead atoms. The lowest BCUT2D eigenvalue weighted by atomic mass is 9.72. The first-order valence-electron chi connectivity index (χ1n) is 5.56. The fourth-order valence-corrected chi connectivity index (χ4v) is 2.43. The Hall–Kier alpha value is -0.930. The second kappa shape index (κ2) is 4.73. The van der Waals surface area contributed by atoms with Gasteiger partial charge in [-0.1, -0.05) is 0 Å². The molecule has 2 heterocycles. The fourth-order valence-electron chi connectivity index (χ4n) is 2.43. The molecule has 0 spiro atoms. The highest BCUT2D eigenvalue weighted by atomic mass is 16.5. The third kappa shape index (κ3) is 2.19. The lowest BCUT2D eigenvalue weighted by Crippen LogP contribution is -2.35. The van der Waals surface area contributed by atoms with Gasteiger partial charge in [-0.2, -0.15) is 0 Å². The Labute approximate surface area is 90.7 Å². The standard InChI is InChI=1S/C12H18N2O/c13-6-3-12(4-9-15-10-5-12)11-1-7-14-8-2-11/h1-2,7-8H,3-6,9-10,13H2. The zero-order valence-corrected chi connectivity index (χ0v) is 8.98. The predicted octanol–water partition coefficient (Wildman–Crippen LogP) is 1.48. The zero-order valence-electron chi connectivity index (χ0n) is 8.98. The molecule has 2 rings (SSSR count). The van der Waals surface area contributed by atoms with Crippen molar-refractivity contribution in [2.45, 2.75) is 24.7 Å². The van der Waals surface area contributed by atoms with Gasteiger partial charge in [-0.15, -0.1) is 0 Å². The molecule has 3 heteroatoms. The molecule has 1 aromatic heterocycles. The van der Waals surface area contributed by atoms with Crippen LogP contribution in [0.1, 0.15) is 24.8 Å². The summed E-state index contributed by atoms with van der Waals surface area (Å²) in [6, 6.07) is 4.22. The average Bonchev–Trinajstić information content (AvgIpc) is 2.32. The van der Waals surface area contributed by atoms with E-state index in [9.17, 15) is 0 Å². The first-order chi connectivity index (χ1) is 7.37. The number of pyridine rings is 1. The van der Waals surface area contributed by atoms with E-state index < -0.39 is 0 Å². The molecule has 0 atom stereocenters. The maximum atomic E-state index is 5.73. The molecule has 0 aromatic carbocycles. The van der Waals surface area contributed by atoms with E-state index in [0.717, 1.165) is 39.0 Å². The number of hydrogen-bond acceptors (Lipinski definition) is 3. The third-order valence-corrected chi connectivity index (χ3v) is 3.37. The Balaban J connectivity index is 2.25. The van der Waals surface area contributed by atoms with Crippen molar-refractivity contribution < 1.29 is 4.74 Å². The van der Waals surface area contributed by atoms with Crippen LogP contribution in [-0.4, -0.2) is 24.7 Å². The van der Waals surface area contributed by atoms with E-state index in [1.54, 1.807) is 0 Å². The highest BCUT2D eigenvalue weighted by Gasteiger charge is 2.33. The van der Waals surface area contributed by atoms with Crippen molar-refractivity contribution in [1.29, 1.82) is 0 Å². The van der Waals surface area contributed by atoms with Crippen molar-refractivity contribution in [2.24, 2.45) is 5.73 Å². The summed E-state index contributed by atoms with van der Waals surface area (Å²) < 4.78 is 5.44. The van der Waals surface area contributed by atoms with Crippen LogP contribution in [0, 0.1) is 0 Å². The SMILES string of the molecule is NCCC1(c2ccncc2)CCOCC1. The van der Waals surface area contributed by atoms with Gasteiger partial charge >= 0.3 is 0 Å². The Morgan fingerprint density at radius 2 is 1.93 bits per heavy atom. The van der Waals surface area contributed by atoms with E-state index in [-0.39, 0.29) is 5.41 Å². The summed E-state index contributed by atoms with van der Waals surface area (Å²) >= 11 is 0. The quantitative estimate of drug-likeness (QED) is 0.815. The lowest BCUT2D eigenvalue weighted by molar-refractivity contribution is 0.0476. The fraction of sp³-hybridized carbons (Fsp3) is 0.583. The molecule has 0 saturated carbocycles. The van der Waals surface area contributed by atoms with Crippen LogP contribution >= 0.6 is 0 Å². The van der Waals surface area contributed by atoms with Gasteiger partial charge in [0, 0.05) is 31.0 Å². The van der Waals surface area contributed by atoms with Gasteiger partial charge in [-0.3, -0.25) is 4.98 Å². The molecule has 2 N–H and O–H groups in total. The molecule has 3 nitrogen and oxygen atoms in total. The second-order valence-electron chi connectivity index (χ2n) is 4.17. The summed E-state index contributed by atoms with van der Waals surface area (Å²) in [6.45, 7) is 2.44. The Kier molecular flexibility index (Phi) is 3.34. The van der Waals surface area contributed by atoms with E-state index in [1.807, 2.05) is 12.4 Å². The van der Waals surface area contributed by atoms with E-state index in [4.69, 9.17) is 10.5 Å². The van der Waals surface area contributed by atoms with Crippen molar-refractivity contribution in [1.82, 2.24) is 4.98 Å². The maximum Gasteiger partial charge on any atom is 0.0474 e. The molecule has 0 unspecified atom stereocenters. The van der Waals surface area contributed by atoms with Crippen molar-refractivity contribution in [3.8, 4) is 0 Å². The topological polar surface area (TPSA) is 48.1 Å². The van der Waals surface area contributed by atoms with Gasteiger partial charge in [-0.05, 0) is 43.5 Å². The summed E-state index contributed by atoms with van der Waals surface area (Å²) in [5, 5.41) is 0. The molecule has 0 amide bonds. The lowest BCUT2D eigenvalue weighted by Gasteiger charge is -2.37. The van der Waals surface area contributed by atoms with Crippen molar-refractivity contribution in [2.75, 3.05) is 19.8 Å². The summed E-state index contributed by atoms with van der Waals surface area (Å²) in [6.07, 6.45) is 6.93. The normalized spacial score (nSPS) is 20.1. The van der Waals surface area contributed by atoms with Gasteiger partial charge in [0.15, 0.2) is 0 Å². The van der Waals surface area contributed by atoms with Gasteiger partial charge in [0.05, 0.1) is 0 Å². The highest BCUT2D eigenvalue weighted by Crippen LogP contribution is 2.37. The summed E-state index contributed by atoms with van der Waals surface area (Å²) in [5.74, 6) is 0. The van der Waals surface area contributed by atoms with Gasteiger partial charge in [0.1, 0.15) is 0 Å². The molecular formula is C12H18N2O. The highest BCUT2D eigenvalue weighted by molar-refractivity contribution is 5.23. The van der Waals surface area contributed by atoms with Crippen molar-refractivity contribution >= 4 is 0 Å². The molecule has 15 heavy (non-hydrogen) atoms.